The van der Waals surface area contributed by atoms with Gasteiger partial charge in [0.2, 0.25) is 5.95 Å². The van der Waals surface area contributed by atoms with E-state index in [1.165, 1.54) is 0 Å². The lowest BCUT2D eigenvalue weighted by atomic mass is 10.1. The molecule has 2 rings (SSSR count). The maximum Gasteiger partial charge on any atom is 0.342 e. The summed E-state index contributed by atoms with van der Waals surface area (Å²) in [5, 5.41) is 0.847. The van der Waals surface area contributed by atoms with Crippen LogP contribution >= 0.6 is 23.2 Å². The summed E-state index contributed by atoms with van der Waals surface area (Å²) in [7, 11) is 0. The van der Waals surface area contributed by atoms with Gasteiger partial charge in [-0.25, -0.2) is 14.8 Å². The number of carbonyl (C=O) groups excluding carboxylic acids is 1. The quantitative estimate of drug-likeness (QED) is 0.801. The van der Waals surface area contributed by atoms with Crippen LogP contribution in [0.1, 0.15) is 41.7 Å². The fraction of sp³-hybridized carbons (Fsp3) is 0.312. The molecule has 0 aliphatic rings. The summed E-state index contributed by atoms with van der Waals surface area (Å²) >= 11 is 12.0. The van der Waals surface area contributed by atoms with Gasteiger partial charge in [0.1, 0.15) is 23.1 Å². The lowest BCUT2D eigenvalue weighted by Crippen LogP contribution is -2.18. The second-order valence-electron chi connectivity index (χ2n) is 4.98. The van der Waals surface area contributed by atoms with E-state index in [0.717, 1.165) is 0 Å². The maximum atomic E-state index is 12.2. The van der Waals surface area contributed by atoms with Gasteiger partial charge in [0.15, 0.2) is 0 Å². The van der Waals surface area contributed by atoms with Crippen LogP contribution in [-0.4, -0.2) is 22.5 Å². The van der Waals surface area contributed by atoms with Crippen LogP contribution < -0.4 is 10.5 Å². The molecule has 0 bridgehead atoms. The van der Waals surface area contributed by atoms with Gasteiger partial charge in [-0.2, -0.15) is 0 Å². The van der Waals surface area contributed by atoms with Gasteiger partial charge in [0.05, 0.1) is 17.3 Å². The number of halogens is 2. The van der Waals surface area contributed by atoms with E-state index < -0.39 is 12.1 Å². The van der Waals surface area contributed by atoms with Crippen molar-refractivity contribution in [2.75, 3.05) is 12.3 Å². The molecule has 1 aromatic heterocycles. The Morgan fingerprint density at radius 2 is 2.04 bits per heavy atom. The molecular weight excluding hydrogens is 353 g/mol. The van der Waals surface area contributed by atoms with Crippen molar-refractivity contribution in [1.82, 2.24) is 9.97 Å². The van der Waals surface area contributed by atoms with E-state index in [-0.39, 0.29) is 18.1 Å². The Hall–Kier alpha value is -2.05. The van der Waals surface area contributed by atoms with Crippen molar-refractivity contribution in [2.24, 2.45) is 0 Å². The number of nitrogens with zero attached hydrogens (tertiary/aromatic N) is 2. The number of anilines is 1. The molecule has 2 N–H and O–H groups in total. The number of aryl methyl sites for hydroxylation is 1. The third-order valence-electron chi connectivity index (χ3n) is 3.20. The van der Waals surface area contributed by atoms with Gasteiger partial charge in [-0.05, 0) is 39.0 Å². The fourth-order valence-corrected chi connectivity index (χ4v) is 2.64. The van der Waals surface area contributed by atoms with E-state index in [1.54, 1.807) is 39.0 Å². The summed E-state index contributed by atoms with van der Waals surface area (Å²) in [6.45, 7) is 5.35. The first-order chi connectivity index (χ1) is 11.3. The number of hydrogen-bond donors (Lipinski definition) is 1. The highest BCUT2D eigenvalue weighted by Crippen LogP contribution is 2.32. The Kier molecular flexibility index (Phi) is 5.85. The molecule has 1 aromatic carbocycles. The second-order valence-corrected chi connectivity index (χ2v) is 5.83. The normalized spacial score (nSPS) is 11.9. The van der Waals surface area contributed by atoms with Gasteiger partial charge >= 0.3 is 5.97 Å². The zero-order chi connectivity index (χ0) is 17.9. The minimum Gasteiger partial charge on any atom is -0.483 e. The minimum atomic E-state index is -0.605. The Bertz CT molecular complexity index is 768. The number of nitrogen functional groups attached to an aromatic ring is 1. The highest BCUT2D eigenvalue weighted by atomic mass is 35.5. The highest BCUT2D eigenvalue weighted by molar-refractivity contribution is 6.35. The molecular formula is C16H17Cl2N3O3. The van der Waals surface area contributed by atoms with Crippen LogP contribution in [-0.2, 0) is 4.74 Å². The molecule has 1 unspecified atom stereocenters. The Balaban J connectivity index is 2.40. The Morgan fingerprint density at radius 1 is 1.33 bits per heavy atom. The topological polar surface area (TPSA) is 87.3 Å². The lowest BCUT2D eigenvalue weighted by Gasteiger charge is -2.19. The largest absolute Gasteiger partial charge is 0.483 e. The first-order valence-electron chi connectivity index (χ1n) is 7.26. The second kappa shape index (κ2) is 7.68. The van der Waals surface area contributed by atoms with Crippen LogP contribution in [0.25, 0.3) is 0 Å². The molecule has 24 heavy (non-hydrogen) atoms. The minimum absolute atomic E-state index is 0.0493. The van der Waals surface area contributed by atoms with Crippen LogP contribution in [0, 0.1) is 6.92 Å². The fourth-order valence-electron chi connectivity index (χ4n) is 2.18. The van der Waals surface area contributed by atoms with Crippen molar-refractivity contribution in [3.8, 4) is 5.75 Å². The molecule has 128 valence electrons. The van der Waals surface area contributed by atoms with Crippen molar-refractivity contribution in [1.29, 1.82) is 0 Å². The van der Waals surface area contributed by atoms with Crippen molar-refractivity contribution >= 4 is 35.1 Å². The van der Waals surface area contributed by atoms with Gasteiger partial charge in [-0.15, -0.1) is 0 Å². The van der Waals surface area contributed by atoms with Crippen LogP contribution in [0.2, 0.25) is 10.0 Å². The lowest BCUT2D eigenvalue weighted by molar-refractivity contribution is 0.0518. The smallest absolute Gasteiger partial charge is 0.342 e. The molecule has 2 aromatic rings. The number of hydrogen-bond acceptors (Lipinski definition) is 6. The van der Waals surface area contributed by atoms with Gasteiger partial charge in [-0.3, -0.25) is 0 Å². The molecule has 0 aliphatic heterocycles. The molecule has 0 aliphatic carbocycles. The molecule has 0 radical (unpaired) electrons. The standard InChI is InChI=1S/C16H17Cl2N3O3/c1-4-23-15(22)13-8(2)20-16(19)21-14(13)9(3)24-12-6-5-10(17)7-11(12)18/h5-7,9H,4H2,1-3H3,(H2,19,20,21). The maximum absolute atomic E-state index is 12.2. The number of rotatable bonds is 5. The van der Waals surface area contributed by atoms with E-state index in [2.05, 4.69) is 9.97 Å². The first-order valence-corrected chi connectivity index (χ1v) is 8.01. The van der Waals surface area contributed by atoms with Crippen molar-refractivity contribution in [3.05, 3.63) is 45.2 Å². The zero-order valence-corrected chi connectivity index (χ0v) is 15.0. The van der Waals surface area contributed by atoms with E-state index >= 15 is 0 Å². The highest BCUT2D eigenvalue weighted by Gasteiger charge is 2.24. The summed E-state index contributed by atoms with van der Waals surface area (Å²) in [6.07, 6.45) is -0.605. The summed E-state index contributed by atoms with van der Waals surface area (Å²) in [4.78, 5) is 20.4. The van der Waals surface area contributed by atoms with Crippen LogP contribution in [0.3, 0.4) is 0 Å². The number of ether oxygens (including phenoxy) is 2. The third kappa shape index (κ3) is 4.07. The number of aromatic nitrogens is 2. The molecule has 0 saturated heterocycles. The number of benzene rings is 1. The third-order valence-corrected chi connectivity index (χ3v) is 3.73. The van der Waals surface area contributed by atoms with Gasteiger partial charge < -0.3 is 15.2 Å². The molecule has 0 spiro atoms. The van der Waals surface area contributed by atoms with Gasteiger partial charge in [0, 0.05) is 5.02 Å². The van der Waals surface area contributed by atoms with E-state index in [4.69, 9.17) is 38.4 Å². The predicted molar refractivity (Wildman–Crippen MR) is 92.6 cm³/mol. The molecule has 1 atom stereocenters. The van der Waals surface area contributed by atoms with Crippen LogP contribution in [0.5, 0.6) is 5.75 Å². The van der Waals surface area contributed by atoms with E-state index in [1.807, 2.05) is 0 Å². The van der Waals surface area contributed by atoms with Crippen LogP contribution in [0.4, 0.5) is 5.95 Å². The molecule has 0 fully saturated rings. The number of esters is 1. The van der Waals surface area contributed by atoms with Gasteiger partial charge in [0.25, 0.3) is 0 Å². The van der Waals surface area contributed by atoms with Gasteiger partial charge in [-0.1, -0.05) is 23.2 Å². The molecule has 0 saturated carbocycles. The molecule has 8 heteroatoms. The zero-order valence-electron chi connectivity index (χ0n) is 13.5. The predicted octanol–water partition coefficient (Wildman–Crippen LogP) is 3.99. The summed E-state index contributed by atoms with van der Waals surface area (Å²) < 4.78 is 10.9. The monoisotopic (exact) mass is 369 g/mol. The van der Waals surface area contributed by atoms with E-state index in [9.17, 15) is 4.79 Å². The summed E-state index contributed by atoms with van der Waals surface area (Å²) in [6, 6.07) is 4.86. The summed E-state index contributed by atoms with van der Waals surface area (Å²) in [5.74, 6) is -0.0610. The van der Waals surface area contributed by atoms with Crippen LogP contribution in [0.15, 0.2) is 18.2 Å². The molecule has 1 heterocycles. The summed E-state index contributed by atoms with van der Waals surface area (Å²) in [5.41, 5.74) is 6.71. The average molecular weight is 370 g/mol. The number of nitrogens with two attached hydrogens (primary N) is 1. The Labute approximate surface area is 149 Å². The van der Waals surface area contributed by atoms with E-state index in [0.29, 0.717) is 27.2 Å². The van der Waals surface area contributed by atoms with Crippen molar-refractivity contribution < 1.29 is 14.3 Å². The van der Waals surface area contributed by atoms with Crippen molar-refractivity contribution in [2.45, 2.75) is 26.9 Å². The molecule has 0 amide bonds. The Morgan fingerprint density at radius 3 is 2.67 bits per heavy atom. The molecule has 6 nitrogen and oxygen atoms in total. The number of carbonyl (C=O) groups is 1. The SMILES string of the molecule is CCOC(=O)c1c(C)nc(N)nc1C(C)Oc1ccc(Cl)cc1Cl. The first kappa shape index (κ1) is 18.3. The van der Waals surface area contributed by atoms with Crippen molar-refractivity contribution in [3.63, 3.8) is 0 Å². The average Bonchev–Trinajstić information content (AvgIpc) is 2.49.